The largest absolute Gasteiger partial charge is 0.378 e. The van der Waals surface area contributed by atoms with Crippen molar-refractivity contribution < 1.29 is 31.5 Å². The number of carbonyl (C=O) groups is 2. The molecule has 0 radical (unpaired) electrons. The maximum absolute atomic E-state index is 13.7. The normalized spacial score (nSPS) is 14.7. The smallest absolute Gasteiger partial charge is 0.264 e. The number of carbonyl (C=O) groups excluding carboxylic acids is 2. The molecule has 30 heavy (non-hydrogen) atoms. The van der Waals surface area contributed by atoms with E-state index in [0.29, 0.717) is 32.4 Å². The number of halogens is 2. The van der Waals surface area contributed by atoms with Crippen molar-refractivity contribution in [2.24, 2.45) is 0 Å². The van der Waals surface area contributed by atoms with E-state index in [-0.39, 0.29) is 20.7 Å². The van der Waals surface area contributed by atoms with Crippen LogP contribution in [0.3, 0.4) is 0 Å². The van der Waals surface area contributed by atoms with Gasteiger partial charge in [-0.05, 0) is 24.3 Å². The molecule has 1 aliphatic heterocycles. The number of ether oxygens (including phenoxy) is 1. The second-order valence-corrected chi connectivity index (χ2v) is 9.81. The highest BCUT2D eigenvalue weighted by Gasteiger charge is 2.27. The third-order valence-electron chi connectivity index (χ3n) is 4.33. The number of nitrogens with one attached hydrogen (secondary N) is 1. The summed E-state index contributed by atoms with van der Waals surface area (Å²) in [6, 6.07) is 5.35. The van der Waals surface area contributed by atoms with Crippen LogP contribution in [0.1, 0.15) is 9.67 Å². The first-order chi connectivity index (χ1) is 14.2. The van der Waals surface area contributed by atoms with Gasteiger partial charge in [-0.3, -0.25) is 9.59 Å². The van der Waals surface area contributed by atoms with E-state index in [9.17, 15) is 26.8 Å². The van der Waals surface area contributed by atoms with Crippen molar-refractivity contribution in [1.29, 1.82) is 0 Å². The fraction of sp³-hybridized carbons (Fsp3) is 0.333. The van der Waals surface area contributed by atoms with Gasteiger partial charge < -0.3 is 15.0 Å². The molecule has 162 valence electrons. The lowest BCUT2D eigenvalue weighted by atomic mass is 10.3. The molecule has 0 unspecified atom stereocenters. The number of rotatable bonds is 6. The van der Waals surface area contributed by atoms with Crippen molar-refractivity contribution in [3.8, 4) is 0 Å². The summed E-state index contributed by atoms with van der Waals surface area (Å²) < 4.78 is 57.9. The van der Waals surface area contributed by atoms with Crippen molar-refractivity contribution in [3.63, 3.8) is 0 Å². The van der Waals surface area contributed by atoms with Crippen LogP contribution in [-0.4, -0.2) is 69.3 Å². The quantitative estimate of drug-likeness (QED) is 0.710. The Labute approximate surface area is 176 Å². The Morgan fingerprint density at radius 3 is 2.57 bits per heavy atom. The maximum Gasteiger partial charge on any atom is 0.264 e. The zero-order chi connectivity index (χ0) is 21.9. The van der Waals surface area contributed by atoms with E-state index < -0.39 is 34.1 Å². The standard InChI is InChI=1S/C18H19F2N3O5S2/c1-22(11-16(24)21-14-3-2-12(19)10-13(14)20)30(26,27)17-5-4-15(29-17)18(25)23-6-8-28-9-7-23/h2-5,10H,6-9,11H2,1H3,(H,21,24). The number of hydrogen-bond acceptors (Lipinski definition) is 6. The third-order valence-corrected chi connectivity index (χ3v) is 7.67. The molecule has 1 saturated heterocycles. The van der Waals surface area contributed by atoms with Gasteiger partial charge in [-0.15, -0.1) is 11.3 Å². The first-order valence-corrected chi connectivity index (χ1v) is 11.1. The van der Waals surface area contributed by atoms with E-state index in [2.05, 4.69) is 5.32 Å². The lowest BCUT2D eigenvalue weighted by Gasteiger charge is -2.26. The SMILES string of the molecule is CN(CC(=O)Nc1ccc(F)cc1F)S(=O)(=O)c1ccc(C(=O)N2CCOCC2)s1. The van der Waals surface area contributed by atoms with Gasteiger partial charge in [-0.1, -0.05) is 0 Å². The highest BCUT2D eigenvalue weighted by Crippen LogP contribution is 2.26. The molecule has 0 atom stereocenters. The topological polar surface area (TPSA) is 96.0 Å². The fourth-order valence-corrected chi connectivity index (χ4v) is 5.33. The number of anilines is 1. The fourth-order valence-electron chi connectivity index (χ4n) is 2.72. The highest BCUT2D eigenvalue weighted by atomic mass is 32.2. The van der Waals surface area contributed by atoms with Crippen molar-refractivity contribution in [2.75, 3.05) is 45.2 Å². The second kappa shape index (κ2) is 9.16. The van der Waals surface area contributed by atoms with Crippen LogP contribution < -0.4 is 5.32 Å². The van der Waals surface area contributed by atoms with Crippen LogP contribution in [-0.2, 0) is 19.6 Å². The van der Waals surface area contributed by atoms with Crippen LogP contribution in [0.25, 0.3) is 0 Å². The first-order valence-electron chi connectivity index (χ1n) is 8.86. The minimum atomic E-state index is -4.04. The van der Waals surface area contributed by atoms with Crippen LogP contribution in [0.15, 0.2) is 34.5 Å². The van der Waals surface area contributed by atoms with Gasteiger partial charge in [-0.2, -0.15) is 4.31 Å². The number of amides is 2. The molecule has 0 bridgehead atoms. The van der Waals surface area contributed by atoms with Gasteiger partial charge in [0.05, 0.1) is 30.3 Å². The summed E-state index contributed by atoms with van der Waals surface area (Å²) in [5.74, 6) is -2.85. The number of thiophene rings is 1. The first kappa shape index (κ1) is 22.3. The van der Waals surface area contributed by atoms with E-state index in [1.165, 1.54) is 19.2 Å². The third kappa shape index (κ3) is 5.01. The summed E-state index contributed by atoms with van der Waals surface area (Å²) in [4.78, 5) is 26.5. The zero-order valence-corrected chi connectivity index (χ0v) is 17.6. The van der Waals surface area contributed by atoms with Gasteiger partial charge in [0.15, 0.2) is 0 Å². The number of morpholine rings is 1. The van der Waals surface area contributed by atoms with E-state index in [4.69, 9.17) is 4.74 Å². The minimum Gasteiger partial charge on any atom is -0.378 e. The predicted octanol–water partition coefficient (Wildman–Crippen LogP) is 1.76. The number of benzene rings is 1. The Bertz CT molecular complexity index is 1050. The van der Waals surface area contributed by atoms with Crippen molar-refractivity contribution in [1.82, 2.24) is 9.21 Å². The van der Waals surface area contributed by atoms with E-state index in [1.54, 1.807) is 4.90 Å². The van der Waals surface area contributed by atoms with Crippen LogP contribution in [0.5, 0.6) is 0 Å². The number of likely N-dealkylation sites (N-methyl/N-ethyl adjacent to an activating group) is 1. The summed E-state index contributed by atoms with van der Waals surface area (Å²) in [6.07, 6.45) is 0. The number of hydrogen-bond donors (Lipinski definition) is 1. The predicted molar refractivity (Wildman–Crippen MR) is 106 cm³/mol. The molecule has 2 aromatic rings. The monoisotopic (exact) mass is 459 g/mol. The minimum absolute atomic E-state index is 0.0950. The van der Waals surface area contributed by atoms with Crippen LogP contribution in [0.4, 0.5) is 14.5 Å². The molecule has 1 aliphatic rings. The van der Waals surface area contributed by atoms with Crippen molar-refractivity contribution in [2.45, 2.75) is 4.21 Å². The molecule has 2 heterocycles. The molecule has 1 aromatic carbocycles. The summed E-state index contributed by atoms with van der Waals surface area (Å²) in [5.41, 5.74) is -0.262. The van der Waals surface area contributed by atoms with Gasteiger partial charge >= 0.3 is 0 Å². The number of sulfonamides is 1. The van der Waals surface area contributed by atoms with Crippen molar-refractivity contribution >= 4 is 38.9 Å². The molecule has 8 nitrogen and oxygen atoms in total. The van der Waals surface area contributed by atoms with Gasteiger partial charge in [0, 0.05) is 26.2 Å². The van der Waals surface area contributed by atoms with Gasteiger partial charge in [-0.25, -0.2) is 17.2 Å². The number of nitrogens with zero attached hydrogens (tertiary/aromatic N) is 2. The van der Waals surface area contributed by atoms with Crippen LogP contribution in [0, 0.1) is 11.6 Å². The van der Waals surface area contributed by atoms with E-state index in [0.717, 1.165) is 27.8 Å². The zero-order valence-electron chi connectivity index (χ0n) is 15.9. The Morgan fingerprint density at radius 2 is 1.90 bits per heavy atom. The Kier molecular flexibility index (Phi) is 6.81. The molecule has 1 fully saturated rings. The molecule has 0 spiro atoms. The van der Waals surface area contributed by atoms with Crippen LogP contribution in [0.2, 0.25) is 0 Å². The lowest BCUT2D eigenvalue weighted by molar-refractivity contribution is -0.116. The summed E-state index contributed by atoms with van der Waals surface area (Å²) in [7, 11) is -2.85. The molecule has 3 rings (SSSR count). The molecule has 0 aliphatic carbocycles. The molecular weight excluding hydrogens is 440 g/mol. The second-order valence-electron chi connectivity index (χ2n) is 6.46. The molecule has 12 heteroatoms. The molecular formula is C18H19F2N3O5S2. The van der Waals surface area contributed by atoms with Gasteiger partial charge in [0.25, 0.3) is 15.9 Å². The van der Waals surface area contributed by atoms with Gasteiger partial charge in [0.2, 0.25) is 5.91 Å². The Hall–Kier alpha value is -2.41. The summed E-state index contributed by atoms with van der Waals surface area (Å²) >= 11 is 0.810. The Balaban J connectivity index is 1.66. The van der Waals surface area contributed by atoms with Crippen LogP contribution >= 0.6 is 11.3 Å². The van der Waals surface area contributed by atoms with E-state index >= 15 is 0 Å². The van der Waals surface area contributed by atoms with Gasteiger partial charge in [0.1, 0.15) is 15.8 Å². The maximum atomic E-state index is 13.7. The molecule has 2 amide bonds. The highest BCUT2D eigenvalue weighted by molar-refractivity contribution is 7.91. The molecule has 1 N–H and O–H groups in total. The molecule has 0 saturated carbocycles. The lowest BCUT2D eigenvalue weighted by Crippen LogP contribution is -2.40. The Morgan fingerprint density at radius 1 is 1.20 bits per heavy atom. The summed E-state index contributed by atoms with van der Waals surface area (Å²) in [6.45, 7) is 1.12. The van der Waals surface area contributed by atoms with Crippen molar-refractivity contribution in [3.05, 3.63) is 46.8 Å². The average molecular weight is 459 g/mol. The molecule has 1 aromatic heterocycles. The summed E-state index contributed by atoms with van der Waals surface area (Å²) in [5, 5.41) is 2.20. The average Bonchev–Trinajstić information content (AvgIpc) is 3.21. The van der Waals surface area contributed by atoms with E-state index in [1.807, 2.05) is 0 Å².